The van der Waals surface area contributed by atoms with Crippen molar-refractivity contribution in [2.75, 3.05) is 19.0 Å². The van der Waals surface area contributed by atoms with Crippen LogP contribution in [0.25, 0.3) is 0 Å². The van der Waals surface area contributed by atoms with Gasteiger partial charge in [0.2, 0.25) is 0 Å². The first-order valence-corrected chi connectivity index (χ1v) is 7.11. The Labute approximate surface area is 129 Å². The molecular formula is C16H20N2O4. The summed E-state index contributed by atoms with van der Waals surface area (Å²) in [5, 5.41) is 3.13. The van der Waals surface area contributed by atoms with Crippen molar-refractivity contribution in [2.45, 2.75) is 26.3 Å². The normalized spacial score (nSPS) is 23.5. The molecule has 2 unspecified atom stereocenters. The molecule has 1 aliphatic heterocycles. The minimum Gasteiger partial charge on any atom is -0.468 e. The van der Waals surface area contributed by atoms with E-state index in [9.17, 15) is 9.59 Å². The van der Waals surface area contributed by atoms with Gasteiger partial charge in [-0.2, -0.15) is 0 Å². The second-order valence-electron chi connectivity index (χ2n) is 5.27. The van der Waals surface area contributed by atoms with Gasteiger partial charge in [0.1, 0.15) is 5.92 Å². The zero-order valence-corrected chi connectivity index (χ0v) is 13.2. The topological polar surface area (TPSA) is 77.0 Å². The number of rotatable bonds is 3. The zero-order chi connectivity index (χ0) is 16.3. The molecule has 2 atom stereocenters. The largest absolute Gasteiger partial charge is 0.468 e. The molecule has 0 radical (unpaired) electrons. The molecule has 6 nitrogen and oxygen atoms in total. The lowest BCUT2D eigenvalue weighted by molar-refractivity contribution is -0.156. The van der Waals surface area contributed by atoms with Crippen LogP contribution in [0.1, 0.15) is 20.8 Å². The molecular weight excluding hydrogens is 284 g/mol. The van der Waals surface area contributed by atoms with E-state index in [0.29, 0.717) is 17.1 Å². The molecule has 0 spiro atoms. The maximum absolute atomic E-state index is 12.5. The number of carbonyl (C=O) groups is 2. The SMILES string of the molecule is CCOC(=O)C1(C)Nc2ccccc2N=C(C)C1C(=O)OC. The van der Waals surface area contributed by atoms with Gasteiger partial charge in [-0.1, -0.05) is 12.1 Å². The van der Waals surface area contributed by atoms with E-state index in [2.05, 4.69) is 10.3 Å². The van der Waals surface area contributed by atoms with E-state index in [4.69, 9.17) is 9.47 Å². The number of aliphatic imine (C=N–C) groups is 1. The van der Waals surface area contributed by atoms with Crippen molar-refractivity contribution in [3.05, 3.63) is 24.3 Å². The number of anilines is 1. The fraction of sp³-hybridized carbons (Fsp3) is 0.438. The average molecular weight is 304 g/mol. The molecule has 0 aromatic heterocycles. The van der Waals surface area contributed by atoms with E-state index in [1.54, 1.807) is 20.8 Å². The number of nitrogens with zero attached hydrogens (tertiary/aromatic N) is 1. The number of benzene rings is 1. The molecule has 1 heterocycles. The van der Waals surface area contributed by atoms with Crippen molar-refractivity contribution >= 4 is 29.0 Å². The van der Waals surface area contributed by atoms with Crippen molar-refractivity contribution in [3.8, 4) is 0 Å². The molecule has 0 saturated carbocycles. The highest BCUT2D eigenvalue weighted by atomic mass is 16.5. The second kappa shape index (κ2) is 6.17. The summed E-state index contributed by atoms with van der Waals surface area (Å²) in [6.45, 7) is 5.29. The van der Waals surface area contributed by atoms with Gasteiger partial charge in [-0.05, 0) is 32.9 Å². The summed E-state index contributed by atoms with van der Waals surface area (Å²) < 4.78 is 10.0. The lowest BCUT2D eigenvalue weighted by atomic mass is 9.82. The lowest BCUT2D eigenvalue weighted by Gasteiger charge is -2.33. The highest BCUT2D eigenvalue weighted by Crippen LogP contribution is 2.36. The van der Waals surface area contributed by atoms with Crippen LogP contribution < -0.4 is 5.32 Å². The van der Waals surface area contributed by atoms with Crippen LogP contribution in [0.15, 0.2) is 29.3 Å². The van der Waals surface area contributed by atoms with Crippen LogP contribution in [0.2, 0.25) is 0 Å². The van der Waals surface area contributed by atoms with Crippen LogP contribution in [-0.4, -0.2) is 36.9 Å². The van der Waals surface area contributed by atoms with Gasteiger partial charge < -0.3 is 14.8 Å². The van der Waals surface area contributed by atoms with Crippen LogP contribution in [0.3, 0.4) is 0 Å². The quantitative estimate of drug-likeness (QED) is 0.867. The summed E-state index contributed by atoms with van der Waals surface area (Å²) >= 11 is 0. The molecule has 118 valence electrons. The Kier molecular flexibility index (Phi) is 4.49. The number of para-hydroxylation sites is 2. The first-order chi connectivity index (χ1) is 10.4. The van der Waals surface area contributed by atoms with Gasteiger partial charge in [0.25, 0.3) is 0 Å². The predicted octanol–water partition coefficient (Wildman–Crippen LogP) is 2.32. The molecule has 1 N–H and O–H groups in total. The Bertz CT molecular complexity index is 626. The molecule has 1 aromatic rings. The van der Waals surface area contributed by atoms with Crippen molar-refractivity contribution in [2.24, 2.45) is 10.9 Å². The number of ether oxygens (including phenoxy) is 2. The minimum absolute atomic E-state index is 0.224. The molecule has 22 heavy (non-hydrogen) atoms. The molecule has 0 aliphatic carbocycles. The number of methoxy groups -OCH3 is 1. The Morgan fingerprint density at radius 3 is 2.68 bits per heavy atom. The van der Waals surface area contributed by atoms with Gasteiger partial charge in [0.05, 0.1) is 25.1 Å². The molecule has 6 heteroatoms. The highest BCUT2D eigenvalue weighted by molar-refractivity contribution is 6.10. The van der Waals surface area contributed by atoms with Gasteiger partial charge >= 0.3 is 11.9 Å². The van der Waals surface area contributed by atoms with E-state index < -0.39 is 23.4 Å². The summed E-state index contributed by atoms with van der Waals surface area (Å²) in [5.74, 6) is -1.92. The standard InChI is InChI=1S/C16H20N2O4/c1-5-22-15(20)16(3)13(14(19)21-4)10(2)17-11-8-6-7-9-12(11)18-16/h6-9,13,18H,5H2,1-4H3. The molecule has 2 rings (SSSR count). The van der Waals surface area contributed by atoms with E-state index in [-0.39, 0.29) is 6.61 Å². The molecule has 0 bridgehead atoms. The van der Waals surface area contributed by atoms with E-state index in [1.807, 2.05) is 24.3 Å². The van der Waals surface area contributed by atoms with Gasteiger partial charge in [-0.25, -0.2) is 4.79 Å². The van der Waals surface area contributed by atoms with E-state index in [1.165, 1.54) is 7.11 Å². The summed E-state index contributed by atoms with van der Waals surface area (Å²) in [7, 11) is 1.29. The summed E-state index contributed by atoms with van der Waals surface area (Å²) in [5.41, 5.74) is 0.550. The first-order valence-electron chi connectivity index (χ1n) is 7.11. The molecule has 0 fully saturated rings. The lowest BCUT2D eigenvalue weighted by Crippen LogP contribution is -2.56. The Morgan fingerprint density at radius 1 is 1.36 bits per heavy atom. The van der Waals surface area contributed by atoms with Crippen LogP contribution in [-0.2, 0) is 19.1 Å². The van der Waals surface area contributed by atoms with Gasteiger partial charge in [-0.15, -0.1) is 0 Å². The smallest absolute Gasteiger partial charge is 0.332 e. The third-order valence-corrected chi connectivity index (χ3v) is 3.73. The fourth-order valence-corrected chi connectivity index (χ4v) is 2.68. The predicted molar refractivity (Wildman–Crippen MR) is 83.4 cm³/mol. The highest BCUT2D eigenvalue weighted by Gasteiger charge is 2.50. The summed E-state index contributed by atoms with van der Waals surface area (Å²) in [4.78, 5) is 29.2. The number of hydrogen-bond acceptors (Lipinski definition) is 6. The van der Waals surface area contributed by atoms with Gasteiger partial charge in [-0.3, -0.25) is 9.79 Å². The second-order valence-corrected chi connectivity index (χ2v) is 5.27. The van der Waals surface area contributed by atoms with Crippen molar-refractivity contribution in [1.29, 1.82) is 0 Å². The third kappa shape index (κ3) is 2.68. The van der Waals surface area contributed by atoms with Gasteiger partial charge in [0.15, 0.2) is 5.54 Å². The summed E-state index contributed by atoms with van der Waals surface area (Å²) in [6, 6.07) is 7.30. The number of esters is 2. The number of hydrogen-bond donors (Lipinski definition) is 1. The average Bonchev–Trinajstić information content (AvgIpc) is 2.60. The monoisotopic (exact) mass is 304 g/mol. The van der Waals surface area contributed by atoms with Gasteiger partial charge in [0, 0.05) is 5.71 Å². The van der Waals surface area contributed by atoms with Crippen molar-refractivity contribution in [1.82, 2.24) is 0 Å². The Balaban J connectivity index is 2.59. The van der Waals surface area contributed by atoms with Crippen LogP contribution in [0.4, 0.5) is 11.4 Å². The van der Waals surface area contributed by atoms with Crippen molar-refractivity contribution in [3.63, 3.8) is 0 Å². The number of carbonyl (C=O) groups excluding carboxylic acids is 2. The molecule has 1 aliphatic rings. The minimum atomic E-state index is -1.29. The van der Waals surface area contributed by atoms with Crippen molar-refractivity contribution < 1.29 is 19.1 Å². The molecule has 1 aromatic carbocycles. The fourth-order valence-electron chi connectivity index (χ4n) is 2.68. The molecule has 0 amide bonds. The van der Waals surface area contributed by atoms with E-state index in [0.717, 1.165) is 0 Å². The zero-order valence-electron chi connectivity index (χ0n) is 13.2. The van der Waals surface area contributed by atoms with E-state index >= 15 is 0 Å². The maximum Gasteiger partial charge on any atom is 0.332 e. The Hall–Kier alpha value is -2.37. The van der Waals surface area contributed by atoms with Crippen LogP contribution >= 0.6 is 0 Å². The molecule has 0 saturated heterocycles. The first kappa shape index (κ1) is 16.0. The number of fused-ring (bicyclic) bond motifs is 1. The van der Waals surface area contributed by atoms with Crippen LogP contribution in [0.5, 0.6) is 0 Å². The maximum atomic E-state index is 12.5. The van der Waals surface area contributed by atoms with Crippen LogP contribution in [0, 0.1) is 5.92 Å². The summed E-state index contributed by atoms with van der Waals surface area (Å²) in [6.07, 6.45) is 0. The third-order valence-electron chi connectivity index (χ3n) is 3.73. The Morgan fingerprint density at radius 2 is 2.05 bits per heavy atom. The number of nitrogens with one attached hydrogen (secondary N) is 1.